The molecule has 0 atom stereocenters. The van der Waals surface area contributed by atoms with Crippen LogP contribution in [0.5, 0.6) is 0 Å². The van der Waals surface area contributed by atoms with Gasteiger partial charge in [-0.15, -0.1) is 0 Å². The number of hydrogen-bond acceptors (Lipinski definition) is 3. The van der Waals surface area contributed by atoms with E-state index in [2.05, 4.69) is 0 Å². The SMILES string of the molecule is [2H]CC(C)(C)OC(=O)N(CC(=O)O)C1CC(F)(F)C1. The number of rotatable bonds is 3. The number of amides is 1. The van der Waals surface area contributed by atoms with E-state index in [9.17, 15) is 18.4 Å². The van der Waals surface area contributed by atoms with Gasteiger partial charge in [0.2, 0.25) is 0 Å². The minimum atomic E-state index is -2.85. The van der Waals surface area contributed by atoms with Crippen LogP contribution in [0, 0.1) is 0 Å². The second kappa shape index (κ2) is 4.70. The van der Waals surface area contributed by atoms with Crippen molar-refractivity contribution in [3.05, 3.63) is 0 Å². The molecule has 7 heteroatoms. The summed E-state index contributed by atoms with van der Waals surface area (Å²) in [6.07, 6.45) is -2.09. The van der Waals surface area contributed by atoms with E-state index in [1.165, 1.54) is 13.8 Å². The lowest BCUT2D eigenvalue weighted by molar-refractivity contribution is -0.147. The monoisotopic (exact) mass is 266 g/mol. The maximum atomic E-state index is 12.8. The molecule has 5 nitrogen and oxygen atoms in total. The van der Waals surface area contributed by atoms with Gasteiger partial charge >= 0.3 is 12.1 Å². The van der Waals surface area contributed by atoms with Crippen LogP contribution < -0.4 is 0 Å². The molecule has 1 aliphatic rings. The molecule has 0 bridgehead atoms. The molecule has 1 fully saturated rings. The number of halogens is 2. The van der Waals surface area contributed by atoms with Crippen molar-refractivity contribution in [3.8, 4) is 0 Å². The van der Waals surface area contributed by atoms with Crippen LogP contribution in [0.2, 0.25) is 0 Å². The third kappa shape index (κ3) is 4.12. The van der Waals surface area contributed by atoms with Crippen molar-refractivity contribution in [2.75, 3.05) is 6.54 Å². The van der Waals surface area contributed by atoms with Crippen molar-refractivity contribution in [2.24, 2.45) is 0 Å². The van der Waals surface area contributed by atoms with E-state index in [1.54, 1.807) is 0 Å². The average molecular weight is 266 g/mol. The van der Waals surface area contributed by atoms with Crippen molar-refractivity contribution < 1.29 is 29.6 Å². The van der Waals surface area contributed by atoms with Crippen molar-refractivity contribution in [2.45, 2.75) is 51.2 Å². The molecule has 1 aliphatic carbocycles. The molecule has 1 N–H and O–H groups in total. The number of aliphatic carboxylic acids is 1. The Balaban J connectivity index is 2.69. The Bertz CT molecular complexity index is 368. The number of hydrogen-bond donors (Lipinski definition) is 1. The molecule has 1 rings (SSSR count). The van der Waals surface area contributed by atoms with Crippen LogP contribution in [0.3, 0.4) is 0 Å². The first-order chi connectivity index (χ1) is 8.56. The smallest absolute Gasteiger partial charge is 0.411 e. The van der Waals surface area contributed by atoms with Gasteiger partial charge in [0.1, 0.15) is 12.1 Å². The zero-order valence-electron chi connectivity index (χ0n) is 11.3. The second-order valence-electron chi connectivity index (χ2n) is 5.07. The molecule has 0 radical (unpaired) electrons. The van der Waals surface area contributed by atoms with E-state index in [1.807, 2.05) is 0 Å². The minimum Gasteiger partial charge on any atom is -0.480 e. The summed E-state index contributed by atoms with van der Waals surface area (Å²) in [6.45, 7) is 2.09. The zero-order chi connectivity index (χ0) is 14.8. The molecule has 104 valence electrons. The molecule has 0 heterocycles. The van der Waals surface area contributed by atoms with E-state index in [0.717, 1.165) is 4.90 Å². The summed E-state index contributed by atoms with van der Waals surface area (Å²) in [5.74, 6) is -4.15. The average Bonchev–Trinajstić information content (AvgIpc) is 2.21. The quantitative estimate of drug-likeness (QED) is 0.849. The number of carbonyl (C=O) groups is 2. The summed E-state index contributed by atoms with van der Waals surface area (Å²) in [4.78, 5) is 23.3. The number of ether oxygens (including phenoxy) is 1. The minimum absolute atomic E-state index is 0.208. The maximum absolute atomic E-state index is 12.8. The van der Waals surface area contributed by atoms with Crippen molar-refractivity contribution in [1.82, 2.24) is 4.90 Å². The fourth-order valence-corrected chi connectivity index (χ4v) is 1.63. The summed E-state index contributed by atoms with van der Waals surface area (Å²) in [7, 11) is 0. The van der Waals surface area contributed by atoms with E-state index in [4.69, 9.17) is 11.2 Å². The molecule has 0 saturated heterocycles. The lowest BCUT2D eigenvalue weighted by Crippen LogP contribution is -2.55. The Kier molecular flexibility index (Phi) is 3.41. The lowest BCUT2D eigenvalue weighted by Gasteiger charge is -2.41. The first-order valence-corrected chi connectivity index (χ1v) is 5.45. The van der Waals surface area contributed by atoms with Gasteiger partial charge in [0.15, 0.2) is 0 Å². The molecule has 0 unspecified atom stereocenters. The van der Waals surface area contributed by atoms with E-state index in [0.29, 0.717) is 0 Å². The van der Waals surface area contributed by atoms with E-state index >= 15 is 0 Å². The van der Waals surface area contributed by atoms with Crippen molar-refractivity contribution >= 4 is 12.1 Å². The predicted molar refractivity (Wildman–Crippen MR) is 58.5 cm³/mol. The van der Waals surface area contributed by atoms with Crippen LogP contribution in [0.1, 0.15) is 35.0 Å². The largest absolute Gasteiger partial charge is 0.480 e. The Morgan fingerprint density at radius 3 is 2.50 bits per heavy atom. The van der Waals surface area contributed by atoms with Gasteiger partial charge in [0.25, 0.3) is 5.92 Å². The number of alkyl halides is 2. The third-order valence-electron chi connectivity index (χ3n) is 2.41. The topological polar surface area (TPSA) is 66.8 Å². The highest BCUT2D eigenvalue weighted by Crippen LogP contribution is 2.40. The summed E-state index contributed by atoms with van der Waals surface area (Å²) < 4.78 is 37.7. The summed E-state index contributed by atoms with van der Waals surface area (Å²) in [6, 6.07) is -0.833. The van der Waals surface area contributed by atoms with Crippen LogP contribution in [-0.2, 0) is 9.53 Å². The third-order valence-corrected chi connectivity index (χ3v) is 2.41. The van der Waals surface area contributed by atoms with Gasteiger partial charge in [-0.3, -0.25) is 9.69 Å². The van der Waals surface area contributed by atoms with Crippen LogP contribution >= 0.6 is 0 Å². The number of carboxylic acids is 1. The summed E-state index contributed by atoms with van der Waals surface area (Å²) >= 11 is 0. The first-order valence-electron chi connectivity index (χ1n) is 6.15. The molecule has 1 amide bonds. The Morgan fingerprint density at radius 1 is 1.56 bits per heavy atom. The normalized spacial score (nSPS) is 19.7. The maximum Gasteiger partial charge on any atom is 0.411 e. The molecule has 1 saturated carbocycles. The van der Waals surface area contributed by atoms with Gasteiger partial charge in [-0.2, -0.15) is 0 Å². The highest BCUT2D eigenvalue weighted by Gasteiger charge is 2.50. The molecule has 0 aromatic carbocycles. The summed E-state index contributed by atoms with van der Waals surface area (Å²) in [5.41, 5.74) is -1.08. The molecule has 0 aromatic heterocycles. The molecule has 0 aromatic rings. The van der Waals surface area contributed by atoms with Gasteiger partial charge in [0.05, 0.1) is 0 Å². The Hall–Kier alpha value is -1.40. The van der Waals surface area contributed by atoms with E-state index in [-0.39, 0.29) is 6.90 Å². The van der Waals surface area contributed by atoms with Gasteiger partial charge in [-0.1, -0.05) is 0 Å². The second-order valence-corrected chi connectivity index (χ2v) is 5.07. The van der Waals surface area contributed by atoms with E-state index < -0.39 is 49.0 Å². The fraction of sp³-hybridized carbons (Fsp3) is 0.818. The van der Waals surface area contributed by atoms with Gasteiger partial charge in [-0.25, -0.2) is 13.6 Å². The molecule has 18 heavy (non-hydrogen) atoms. The van der Waals surface area contributed by atoms with Gasteiger partial charge < -0.3 is 9.84 Å². The zero-order valence-corrected chi connectivity index (χ0v) is 10.3. The molecular formula is C11H17F2NO4. The number of nitrogens with zero attached hydrogens (tertiary/aromatic N) is 1. The molecule has 0 aliphatic heterocycles. The molecule has 0 spiro atoms. The van der Waals surface area contributed by atoms with Crippen molar-refractivity contribution in [1.29, 1.82) is 0 Å². The van der Waals surface area contributed by atoms with Gasteiger partial charge in [-0.05, 0) is 20.7 Å². The van der Waals surface area contributed by atoms with Gasteiger partial charge in [0, 0.05) is 20.3 Å². The highest BCUT2D eigenvalue weighted by molar-refractivity contribution is 5.77. The first kappa shape index (κ1) is 13.0. The number of carbonyl (C=O) groups excluding carboxylic acids is 1. The van der Waals surface area contributed by atoms with Crippen LogP contribution in [0.4, 0.5) is 13.6 Å². The standard InChI is InChI=1S/C11H17F2NO4/c1-10(2,3)18-9(17)14(6-8(15)16)7-4-11(12,13)5-7/h7H,4-6H2,1-3H3,(H,15,16)/i1D. The van der Waals surface area contributed by atoms with Crippen molar-refractivity contribution in [3.63, 3.8) is 0 Å². The lowest BCUT2D eigenvalue weighted by atomic mass is 9.87. The number of carboxylic acid groups (broad SMARTS) is 1. The van der Waals surface area contributed by atoms with Crippen LogP contribution in [-0.4, -0.2) is 46.2 Å². The summed E-state index contributed by atoms with van der Waals surface area (Å²) in [5, 5.41) is 8.71. The Labute approximate surface area is 105 Å². The van der Waals surface area contributed by atoms with Crippen LogP contribution in [0.25, 0.3) is 0 Å². The van der Waals surface area contributed by atoms with Crippen LogP contribution in [0.15, 0.2) is 0 Å². The Morgan fingerprint density at radius 2 is 2.11 bits per heavy atom. The predicted octanol–water partition coefficient (Wildman–Crippen LogP) is 2.11. The fourth-order valence-electron chi connectivity index (χ4n) is 1.63. The molecular weight excluding hydrogens is 248 g/mol. The highest BCUT2D eigenvalue weighted by atomic mass is 19.3.